The van der Waals surface area contributed by atoms with Crippen LogP contribution in [0.1, 0.15) is 11.3 Å². The Morgan fingerprint density at radius 3 is 2.56 bits per heavy atom. The first-order valence-corrected chi connectivity index (χ1v) is 6.96. The molecule has 0 saturated carbocycles. The lowest BCUT2D eigenvalue weighted by Gasteiger charge is -2.07. The van der Waals surface area contributed by atoms with Gasteiger partial charge >= 0.3 is 0 Å². The largest absolute Gasteiger partial charge is 0.283 e. The van der Waals surface area contributed by atoms with E-state index in [1.54, 1.807) is 36.4 Å². The van der Waals surface area contributed by atoms with Crippen LogP contribution in [-0.4, -0.2) is 17.6 Å². The summed E-state index contributed by atoms with van der Waals surface area (Å²) in [4.78, 5) is 0.238. The molecule has 1 aromatic heterocycles. The Hall–Kier alpha value is -1.88. The fourth-order valence-electron chi connectivity index (χ4n) is 1.64. The molecular formula is C13H14N2O2S. The van der Waals surface area contributed by atoms with Crippen molar-refractivity contribution in [1.29, 1.82) is 0 Å². The molecule has 18 heavy (non-hydrogen) atoms. The molecule has 2 aromatic rings. The molecule has 0 atom stereocenters. The van der Waals surface area contributed by atoms with Gasteiger partial charge in [-0.25, -0.2) is 0 Å². The molecule has 0 amide bonds. The van der Waals surface area contributed by atoms with Gasteiger partial charge in [0.25, 0.3) is 10.0 Å². The highest BCUT2D eigenvalue weighted by Crippen LogP contribution is 2.16. The van der Waals surface area contributed by atoms with Crippen molar-refractivity contribution >= 4 is 10.0 Å². The van der Waals surface area contributed by atoms with Crippen LogP contribution in [0.25, 0.3) is 0 Å². The Balaban J connectivity index is 2.51. The van der Waals surface area contributed by atoms with Gasteiger partial charge in [-0.05, 0) is 25.1 Å². The minimum absolute atomic E-state index is 0.238. The van der Waals surface area contributed by atoms with Gasteiger partial charge in [0.1, 0.15) is 0 Å². The molecule has 2 rings (SSSR count). The van der Waals surface area contributed by atoms with Crippen molar-refractivity contribution in [3.8, 4) is 0 Å². The van der Waals surface area contributed by atoms with E-state index in [4.69, 9.17) is 0 Å². The summed E-state index contributed by atoms with van der Waals surface area (Å²) in [7, 11) is -3.61. The van der Waals surface area contributed by atoms with Crippen LogP contribution < -0.4 is 0 Å². The van der Waals surface area contributed by atoms with Crippen LogP contribution >= 0.6 is 0 Å². The molecule has 5 heteroatoms. The molecule has 0 unspecified atom stereocenters. The molecule has 0 N–H and O–H groups in total. The molecule has 0 aliphatic heterocycles. The van der Waals surface area contributed by atoms with E-state index >= 15 is 0 Å². The third kappa shape index (κ3) is 2.22. The lowest BCUT2D eigenvalue weighted by atomic mass is 10.2. The Labute approximate surface area is 107 Å². The minimum Gasteiger partial charge on any atom is -0.199 e. The molecule has 1 heterocycles. The highest BCUT2D eigenvalue weighted by Gasteiger charge is 2.19. The van der Waals surface area contributed by atoms with Gasteiger partial charge < -0.3 is 0 Å². The van der Waals surface area contributed by atoms with Crippen LogP contribution in [0.2, 0.25) is 0 Å². The lowest BCUT2D eigenvalue weighted by Crippen LogP contribution is -2.17. The Bertz CT molecular complexity index is 655. The van der Waals surface area contributed by atoms with Gasteiger partial charge in [-0.1, -0.05) is 23.8 Å². The van der Waals surface area contributed by atoms with Gasteiger partial charge in [-0.15, -0.1) is 6.58 Å². The summed E-state index contributed by atoms with van der Waals surface area (Å²) in [5, 5.41) is 3.89. The quantitative estimate of drug-likeness (QED) is 0.793. The Morgan fingerprint density at radius 2 is 1.94 bits per heavy atom. The van der Waals surface area contributed by atoms with Crippen LogP contribution in [0.15, 0.2) is 54.1 Å². The van der Waals surface area contributed by atoms with Crippen LogP contribution in [0.3, 0.4) is 0 Å². The van der Waals surface area contributed by atoms with Gasteiger partial charge in [0.2, 0.25) is 0 Å². The molecule has 94 valence electrons. The summed E-state index contributed by atoms with van der Waals surface area (Å²) in [5.41, 5.74) is 1.62. The average molecular weight is 262 g/mol. The average Bonchev–Trinajstić information content (AvgIpc) is 2.79. The van der Waals surface area contributed by atoms with Crippen LogP contribution in [-0.2, 0) is 16.4 Å². The summed E-state index contributed by atoms with van der Waals surface area (Å²) in [5.74, 6) is 0. The topological polar surface area (TPSA) is 52.0 Å². The molecule has 1 aromatic carbocycles. The third-order valence-electron chi connectivity index (χ3n) is 2.58. The van der Waals surface area contributed by atoms with E-state index in [9.17, 15) is 8.42 Å². The first-order valence-electron chi connectivity index (χ1n) is 5.52. The van der Waals surface area contributed by atoms with Crippen LogP contribution in [0.4, 0.5) is 0 Å². The van der Waals surface area contributed by atoms with E-state index in [1.807, 2.05) is 6.92 Å². The first-order chi connectivity index (χ1) is 8.55. The van der Waals surface area contributed by atoms with E-state index in [2.05, 4.69) is 11.7 Å². The zero-order valence-electron chi connectivity index (χ0n) is 10.1. The second-order valence-electron chi connectivity index (χ2n) is 3.98. The molecule has 0 saturated heterocycles. The summed E-state index contributed by atoms with van der Waals surface area (Å²) >= 11 is 0. The van der Waals surface area contributed by atoms with Gasteiger partial charge in [-0.3, -0.25) is 0 Å². The van der Waals surface area contributed by atoms with E-state index in [0.717, 1.165) is 9.65 Å². The third-order valence-corrected chi connectivity index (χ3v) is 4.24. The first kappa shape index (κ1) is 12.6. The van der Waals surface area contributed by atoms with Crippen LogP contribution in [0, 0.1) is 6.92 Å². The maximum atomic E-state index is 12.4. The van der Waals surface area contributed by atoms with E-state index in [1.165, 1.54) is 6.20 Å². The number of benzene rings is 1. The molecule has 0 aliphatic rings. The number of hydrogen-bond donors (Lipinski definition) is 0. The second-order valence-corrected chi connectivity index (χ2v) is 5.74. The van der Waals surface area contributed by atoms with E-state index in [-0.39, 0.29) is 4.90 Å². The standard InChI is InChI=1S/C13H14N2O2S/c1-3-4-12-9-10-14-15(12)18(16,17)13-7-5-11(2)6-8-13/h3,5-10H,1,4H2,2H3. The fraction of sp³-hybridized carbons (Fsp3) is 0.154. The monoisotopic (exact) mass is 262 g/mol. The summed E-state index contributed by atoms with van der Waals surface area (Å²) in [6.07, 6.45) is 3.59. The Kier molecular flexibility index (Phi) is 3.34. The molecule has 0 radical (unpaired) electrons. The van der Waals surface area contributed by atoms with Crippen molar-refractivity contribution in [1.82, 2.24) is 9.19 Å². The van der Waals surface area contributed by atoms with Crippen molar-refractivity contribution in [2.24, 2.45) is 0 Å². The highest BCUT2D eigenvalue weighted by molar-refractivity contribution is 7.89. The molecule has 0 aliphatic carbocycles. The maximum Gasteiger partial charge on any atom is 0.283 e. The number of rotatable bonds is 4. The van der Waals surface area contributed by atoms with Crippen molar-refractivity contribution in [3.05, 3.63) is 60.4 Å². The van der Waals surface area contributed by atoms with Gasteiger partial charge in [-0.2, -0.15) is 17.6 Å². The zero-order valence-corrected chi connectivity index (χ0v) is 10.9. The molecule has 0 fully saturated rings. The predicted octanol–water partition coefficient (Wildman–Crippen LogP) is 2.16. The summed E-state index contributed by atoms with van der Waals surface area (Å²) in [6.45, 7) is 5.52. The van der Waals surface area contributed by atoms with E-state index in [0.29, 0.717) is 12.1 Å². The van der Waals surface area contributed by atoms with Crippen LogP contribution in [0.5, 0.6) is 0 Å². The summed E-state index contributed by atoms with van der Waals surface area (Å²) in [6, 6.07) is 8.38. The summed E-state index contributed by atoms with van der Waals surface area (Å²) < 4.78 is 25.8. The number of aromatic nitrogens is 2. The second kappa shape index (κ2) is 4.78. The molecule has 4 nitrogen and oxygen atoms in total. The molecule has 0 spiro atoms. The number of allylic oxidation sites excluding steroid dienone is 1. The van der Waals surface area contributed by atoms with Crippen molar-refractivity contribution in [3.63, 3.8) is 0 Å². The van der Waals surface area contributed by atoms with E-state index < -0.39 is 10.0 Å². The maximum absolute atomic E-state index is 12.4. The van der Waals surface area contributed by atoms with Gasteiger partial charge in [0.15, 0.2) is 0 Å². The predicted molar refractivity (Wildman–Crippen MR) is 69.9 cm³/mol. The number of nitrogens with zero attached hydrogens (tertiary/aromatic N) is 2. The SMILES string of the molecule is C=CCc1ccnn1S(=O)(=O)c1ccc(C)cc1. The Morgan fingerprint density at radius 1 is 1.28 bits per heavy atom. The van der Waals surface area contributed by atoms with Gasteiger partial charge in [0.05, 0.1) is 16.8 Å². The normalized spacial score (nSPS) is 11.4. The van der Waals surface area contributed by atoms with Crippen molar-refractivity contribution in [2.75, 3.05) is 0 Å². The minimum atomic E-state index is -3.61. The highest BCUT2D eigenvalue weighted by atomic mass is 32.2. The van der Waals surface area contributed by atoms with Crippen molar-refractivity contribution in [2.45, 2.75) is 18.2 Å². The zero-order chi connectivity index (χ0) is 13.2. The number of hydrogen-bond acceptors (Lipinski definition) is 3. The molecule has 0 bridgehead atoms. The number of aryl methyl sites for hydroxylation is 1. The van der Waals surface area contributed by atoms with Gasteiger partial charge in [0, 0.05) is 6.42 Å². The lowest BCUT2D eigenvalue weighted by molar-refractivity contribution is 0.577. The smallest absolute Gasteiger partial charge is 0.199 e. The fourth-order valence-corrected chi connectivity index (χ4v) is 2.94. The van der Waals surface area contributed by atoms with Crippen molar-refractivity contribution < 1.29 is 8.42 Å². The molecular weight excluding hydrogens is 248 g/mol.